The smallest absolute Gasteiger partial charge is 0.244 e. The highest BCUT2D eigenvalue weighted by molar-refractivity contribution is 5.91. The van der Waals surface area contributed by atoms with E-state index in [0.717, 1.165) is 39.1 Å². The van der Waals surface area contributed by atoms with Gasteiger partial charge in [-0.2, -0.15) is 0 Å². The van der Waals surface area contributed by atoms with Crippen LogP contribution in [0.3, 0.4) is 0 Å². The third kappa shape index (κ3) is 8.11. The average molecular weight is 378 g/mol. The minimum atomic E-state index is -0.318. The molecular formula is C17H26Cl2FN3O. The van der Waals surface area contributed by atoms with Crippen LogP contribution in [0.5, 0.6) is 0 Å². The molecule has 1 heterocycles. The summed E-state index contributed by atoms with van der Waals surface area (Å²) in [5, 5.41) is 2.84. The van der Waals surface area contributed by atoms with Crippen molar-refractivity contribution in [3.63, 3.8) is 0 Å². The Bertz CT molecular complexity index is 520. The molecule has 4 nitrogen and oxygen atoms in total. The maximum atomic E-state index is 13.4. The Balaban J connectivity index is 0.00000264. The van der Waals surface area contributed by atoms with Crippen LogP contribution in [-0.4, -0.2) is 62.0 Å². The first-order valence-electron chi connectivity index (χ1n) is 7.76. The topological polar surface area (TPSA) is 35.6 Å². The van der Waals surface area contributed by atoms with Crippen molar-refractivity contribution in [3.8, 4) is 0 Å². The standard InChI is InChI=1S/C17H24FN3O.2ClH/c1-20-11-13-21(14-12-20)10-4-9-19-17(22)8-7-15-5-2-3-6-16(15)18;;/h2-3,5-8H,4,9-14H2,1H3,(H,19,22);2*1H. The Morgan fingerprint density at radius 2 is 1.88 bits per heavy atom. The quantitative estimate of drug-likeness (QED) is 0.610. The summed E-state index contributed by atoms with van der Waals surface area (Å²) in [5.74, 6) is -0.497. The van der Waals surface area contributed by atoms with Crippen LogP contribution >= 0.6 is 24.8 Å². The third-order valence-electron chi connectivity index (χ3n) is 3.87. The lowest BCUT2D eigenvalue weighted by atomic mass is 10.2. The molecule has 0 aliphatic carbocycles. The number of nitrogens with one attached hydrogen (secondary N) is 1. The predicted molar refractivity (Wildman–Crippen MR) is 101 cm³/mol. The minimum absolute atomic E-state index is 0. The van der Waals surface area contributed by atoms with Gasteiger partial charge in [-0.05, 0) is 32.2 Å². The fourth-order valence-corrected chi connectivity index (χ4v) is 2.42. The molecule has 1 aliphatic rings. The summed E-state index contributed by atoms with van der Waals surface area (Å²) in [6, 6.07) is 6.40. The molecule has 0 bridgehead atoms. The van der Waals surface area contributed by atoms with Crippen molar-refractivity contribution >= 4 is 36.8 Å². The van der Waals surface area contributed by atoms with Crippen molar-refractivity contribution in [2.45, 2.75) is 6.42 Å². The van der Waals surface area contributed by atoms with Gasteiger partial charge in [-0.25, -0.2) is 4.39 Å². The lowest BCUT2D eigenvalue weighted by Gasteiger charge is -2.32. The maximum absolute atomic E-state index is 13.4. The Hall–Kier alpha value is -1.14. The molecule has 1 amide bonds. The van der Waals surface area contributed by atoms with Gasteiger partial charge in [0.1, 0.15) is 5.82 Å². The Labute approximate surface area is 155 Å². The highest BCUT2D eigenvalue weighted by atomic mass is 35.5. The summed E-state index contributed by atoms with van der Waals surface area (Å²) in [7, 11) is 2.14. The van der Waals surface area contributed by atoms with Gasteiger partial charge in [-0.3, -0.25) is 4.79 Å². The maximum Gasteiger partial charge on any atom is 0.244 e. The lowest BCUT2D eigenvalue weighted by molar-refractivity contribution is -0.116. The van der Waals surface area contributed by atoms with Gasteiger partial charge in [0.15, 0.2) is 0 Å². The summed E-state index contributed by atoms with van der Waals surface area (Å²) in [4.78, 5) is 16.4. The van der Waals surface area contributed by atoms with Gasteiger partial charge >= 0.3 is 0 Å². The van der Waals surface area contributed by atoms with Crippen LogP contribution in [0.4, 0.5) is 4.39 Å². The lowest BCUT2D eigenvalue weighted by Crippen LogP contribution is -2.45. The highest BCUT2D eigenvalue weighted by Crippen LogP contribution is 2.07. The van der Waals surface area contributed by atoms with Crippen LogP contribution in [0.2, 0.25) is 0 Å². The van der Waals surface area contributed by atoms with E-state index in [9.17, 15) is 9.18 Å². The molecule has 1 aliphatic heterocycles. The molecule has 136 valence electrons. The van der Waals surface area contributed by atoms with E-state index in [-0.39, 0.29) is 36.5 Å². The number of carbonyl (C=O) groups excluding carboxylic acids is 1. The predicted octanol–water partition coefficient (Wildman–Crippen LogP) is 2.44. The summed E-state index contributed by atoms with van der Waals surface area (Å²) < 4.78 is 13.4. The number of nitrogens with zero attached hydrogens (tertiary/aromatic N) is 2. The molecule has 0 saturated carbocycles. The molecule has 7 heteroatoms. The molecular weight excluding hydrogens is 352 g/mol. The van der Waals surface area contributed by atoms with E-state index in [2.05, 4.69) is 22.2 Å². The molecule has 0 radical (unpaired) electrons. The number of hydrogen-bond donors (Lipinski definition) is 1. The van der Waals surface area contributed by atoms with E-state index in [1.165, 1.54) is 18.2 Å². The van der Waals surface area contributed by atoms with E-state index in [0.29, 0.717) is 12.1 Å². The van der Waals surface area contributed by atoms with Crippen molar-refractivity contribution < 1.29 is 9.18 Å². The number of likely N-dealkylation sites (N-methyl/N-ethyl adjacent to an activating group) is 1. The van der Waals surface area contributed by atoms with Crippen LogP contribution in [-0.2, 0) is 4.79 Å². The molecule has 2 rings (SSSR count). The third-order valence-corrected chi connectivity index (χ3v) is 3.87. The second-order valence-electron chi connectivity index (χ2n) is 5.64. The number of piperazine rings is 1. The van der Waals surface area contributed by atoms with Crippen molar-refractivity contribution in [2.24, 2.45) is 0 Å². The molecule has 1 aromatic rings. The van der Waals surface area contributed by atoms with Gasteiger partial charge in [0.25, 0.3) is 0 Å². The number of carbonyl (C=O) groups is 1. The molecule has 1 fully saturated rings. The van der Waals surface area contributed by atoms with Crippen molar-refractivity contribution in [1.82, 2.24) is 15.1 Å². The Kier molecular flexibility index (Phi) is 11.7. The summed E-state index contributed by atoms with van der Waals surface area (Å²) >= 11 is 0. The van der Waals surface area contributed by atoms with Crippen LogP contribution in [0.15, 0.2) is 30.3 Å². The average Bonchev–Trinajstić information content (AvgIpc) is 2.52. The largest absolute Gasteiger partial charge is 0.353 e. The molecule has 1 aromatic carbocycles. The van der Waals surface area contributed by atoms with E-state index in [1.807, 2.05) is 0 Å². The second-order valence-corrected chi connectivity index (χ2v) is 5.64. The van der Waals surface area contributed by atoms with Crippen LogP contribution in [0.1, 0.15) is 12.0 Å². The van der Waals surface area contributed by atoms with Gasteiger partial charge in [0.2, 0.25) is 5.91 Å². The number of rotatable bonds is 6. The monoisotopic (exact) mass is 377 g/mol. The summed E-state index contributed by atoms with van der Waals surface area (Å²) in [5.41, 5.74) is 0.426. The molecule has 24 heavy (non-hydrogen) atoms. The molecule has 1 saturated heterocycles. The van der Waals surface area contributed by atoms with Gasteiger partial charge in [-0.1, -0.05) is 18.2 Å². The fraction of sp³-hybridized carbons (Fsp3) is 0.471. The Morgan fingerprint density at radius 3 is 2.54 bits per heavy atom. The van der Waals surface area contributed by atoms with Gasteiger partial charge in [0, 0.05) is 44.4 Å². The van der Waals surface area contributed by atoms with Gasteiger partial charge in [0.05, 0.1) is 0 Å². The fourth-order valence-electron chi connectivity index (χ4n) is 2.42. The number of benzene rings is 1. The zero-order chi connectivity index (χ0) is 15.8. The summed E-state index contributed by atoms with van der Waals surface area (Å²) in [6.07, 6.45) is 3.82. The SMILES string of the molecule is CN1CCN(CCCNC(=O)C=Cc2ccccc2F)CC1.Cl.Cl. The van der Waals surface area contributed by atoms with E-state index in [4.69, 9.17) is 0 Å². The molecule has 0 aromatic heterocycles. The molecule has 0 spiro atoms. The zero-order valence-corrected chi connectivity index (χ0v) is 15.5. The molecule has 0 unspecified atom stereocenters. The first-order valence-corrected chi connectivity index (χ1v) is 7.76. The van der Waals surface area contributed by atoms with Crippen LogP contribution < -0.4 is 5.32 Å². The number of halogens is 3. The first kappa shape index (κ1) is 22.9. The van der Waals surface area contributed by atoms with Crippen molar-refractivity contribution in [1.29, 1.82) is 0 Å². The Morgan fingerprint density at radius 1 is 1.21 bits per heavy atom. The molecule has 0 atom stereocenters. The zero-order valence-electron chi connectivity index (χ0n) is 13.9. The summed E-state index contributed by atoms with van der Waals surface area (Å²) in [6.45, 7) is 6.06. The van der Waals surface area contributed by atoms with Gasteiger partial charge < -0.3 is 15.1 Å². The molecule has 1 N–H and O–H groups in total. The van der Waals surface area contributed by atoms with E-state index < -0.39 is 0 Å². The minimum Gasteiger partial charge on any atom is -0.353 e. The van der Waals surface area contributed by atoms with Gasteiger partial charge in [-0.15, -0.1) is 24.8 Å². The number of amides is 1. The normalized spacial score (nSPS) is 15.6. The first-order chi connectivity index (χ1) is 10.6. The van der Waals surface area contributed by atoms with Crippen LogP contribution in [0, 0.1) is 5.82 Å². The van der Waals surface area contributed by atoms with Crippen molar-refractivity contribution in [3.05, 3.63) is 41.7 Å². The van der Waals surface area contributed by atoms with Crippen molar-refractivity contribution in [2.75, 3.05) is 46.3 Å². The number of hydrogen-bond acceptors (Lipinski definition) is 3. The second kappa shape index (κ2) is 12.3. The van der Waals surface area contributed by atoms with E-state index in [1.54, 1.807) is 18.2 Å². The highest BCUT2D eigenvalue weighted by Gasteiger charge is 2.12. The van der Waals surface area contributed by atoms with E-state index >= 15 is 0 Å². The van der Waals surface area contributed by atoms with Crippen LogP contribution in [0.25, 0.3) is 6.08 Å².